The molecule has 0 saturated heterocycles. The molecular formula is C17H13ClN6O2. The fourth-order valence-electron chi connectivity index (χ4n) is 2.49. The van der Waals surface area contributed by atoms with Crippen LogP contribution in [0.1, 0.15) is 16.2 Å². The van der Waals surface area contributed by atoms with Gasteiger partial charge in [0.25, 0.3) is 5.91 Å². The summed E-state index contributed by atoms with van der Waals surface area (Å²) in [6, 6.07) is 7.20. The second-order valence-corrected chi connectivity index (χ2v) is 5.93. The minimum Gasteiger partial charge on any atom is -0.351 e. The molecule has 0 aliphatic heterocycles. The van der Waals surface area contributed by atoms with Gasteiger partial charge in [0.1, 0.15) is 0 Å². The average molecular weight is 369 g/mol. The van der Waals surface area contributed by atoms with Crippen molar-refractivity contribution in [1.29, 1.82) is 0 Å². The molecule has 0 atom stereocenters. The van der Waals surface area contributed by atoms with Gasteiger partial charge in [0.2, 0.25) is 11.7 Å². The van der Waals surface area contributed by atoms with Gasteiger partial charge in [-0.05, 0) is 12.1 Å². The second-order valence-electron chi connectivity index (χ2n) is 5.49. The zero-order valence-electron chi connectivity index (χ0n) is 13.5. The molecule has 4 rings (SSSR count). The Morgan fingerprint density at radius 1 is 1.31 bits per heavy atom. The van der Waals surface area contributed by atoms with Gasteiger partial charge < -0.3 is 9.84 Å². The quantitative estimate of drug-likeness (QED) is 0.580. The monoisotopic (exact) mass is 368 g/mol. The van der Waals surface area contributed by atoms with Crippen molar-refractivity contribution < 1.29 is 9.32 Å². The molecule has 9 heteroatoms. The van der Waals surface area contributed by atoms with E-state index in [4.69, 9.17) is 16.1 Å². The lowest BCUT2D eigenvalue weighted by Gasteiger charge is -2.01. The van der Waals surface area contributed by atoms with Crippen molar-refractivity contribution in [3.63, 3.8) is 0 Å². The summed E-state index contributed by atoms with van der Waals surface area (Å²) in [6.07, 6.45) is 6.81. The molecule has 3 heterocycles. The Morgan fingerprint density at radius 2 is 2.23 bits per heavy atom. The first-order chi connectivity index (χ1) is 12.7. The molecule has 0 unspecified atom stereocenters. The van der Waals surface area contributed by atoms with Crippen LogP contribution >= 0.6 is 11.6 Å². The molecule has 0 radical (unpaired) electrons. The SMILES string of the molecule is O=C(NCCc1nc(-c2cccc(Cl)c2)no1)c1cnn2ccncc12. The highest BCUT2D eigenvalue weighted by atomic mass is 35.5. The Kier molecular flexibility index (Phi) is 4.32. The van der Waals surface area contributed by atoms with E-state index in [1.807, 2.05) is 12.1 Å². The Morgan fingerprint density at radius 3 is 3.12 bits per heavy atom. The van der Waals surface area contributed by atoms with Gasteiger partial charge in [0, 0.05) is 35.9 Å². The minimum atomic E-state index is -0.234. The first kappa shape index (κ1) is 16.2. The van der Waals surface area contributed by atoms with E-state index in [0.29, 0.717) is 40.8 Å². The Hall–Kier alpha value is -3.26. The van der Waals surface area contributed by atoms with Gasteiger partial charge in [-0.1, -0.05) is 28.9 Å². The first-order valence-electron chi connectivity index (χ1n) is 7.85. The maximum atomic E-state index is 12.3. The van der Waals surface area contributed by atoms with E-state index in [-0.39, 0.29) is 5.91 Å². The van der Waals surface area contributed by atoms with Gasteiger partial charge in [0.05, 0.1) is 23.5 Å². The standard InChI is InChI=1S/C17H13ClN6O2/c18-12-3-1-2-11(8-12)16-22-15(26-23-16)4-5-20-17(25)13-9-21-24-7-6-19-10-14(13)24/h1-3,6-10H,4-5H2,(H,20,25). The lowest BCUT2D eigenvalue weighted by molar-refractivity contribution is 0.0955. The Labute approximate surface area is 152 Å². The molecule has 3 aromatic heterocycles. The van der Waals surface area contributed by atoms with Crippen molar-refractivity contribution in [2.75, 3.05) is 6.54 Å². The molecule has 130 valence electrons. The molecule has 0 bridgehead atoms. The molecule has 0 aliphatic rings. The van der Waals surface area contributed by atoms with E-state index >= 15 is 0 Å². The van der Waals surface area contributed by atoms with Crippen LogP contribution in [0.25, 0.3) is 16.9 Å². The van der Waals surface area contributed by atoms with Gasteiger partial charge in [-0.3, -0.25) is 9.78 Å². The number of amides is 1. The lowest BCUT2D eigenvalue weighted by atomic mass is 10.2. The Balaban J connectivity index is 1.38. The van der Waals surface area contributed by atoms with Crippen LogP contribution in [0.5, 0.6) is 0 Å². The van der Waals surface area contributed by atoms with Gasteiger partial charge in [-0.2, -0.15) is 10.1 Å². The maximum absolute atomic E-state index is 12.3. The molecule has 1 amide bonds. The highest BCUT2D eigenvalue weighted by Gasteiger charge is 2.13. The van der Waals surface area contributed by atoms with Crippen LogP contribution in [0.3, 0.4) is 0 Å². The minimum absolute atomic E-state index is 0.234. The summed E-state index contributed by atoms with van der Waals surface area (Å²) in [7, 11) is 0. The highest BCUT2D eigenvalue weighted by Crippen LogP contribution is 2.19. The molecule has 0 fully saturated rings. The predicted molar refractivity (Wildman–Crippen MR) is 93.8 cm³/mol. The van der Waals surface area contributed by atoms with Crippen molar-refractivity contribution in [3.8, 4) is 11.4 Å². The van der Waals surface area contributed by atoms with Crippen molar-refractivity contribution in [3.05, 3.63) is 65.5 Å². The number of benzene rings is 1. The van der Waals surface area contributed by atoms with Gasteiger partial charge in [-0.15, -0.1) is 0 Å². The van der Waals surface area contributed by atoms with Crippen molar-refractivity contribution >= 4 is 23.0 Å². The summed E-state index contributed by atoms with van der Waals surface area (Å²) in [6.45, 7) is 0.355. The lowest BCUT2D eigenvalue weighted by Crippen LogP contribution is -2.25. The van der Waals surface area contributed by atoms with Crippen LogP contribution < -0.4 is 5.32 Å². The molecule has 26 heavy (non-hydrogen) atoms. The zero-order chi connectivity index (χ0) is 17.9. The number of nitrogens with one attached hydrogen (secondary N) is 1. The summed E-state index contributed by atoms with van der Waals surface area (Å²) in [5.41, 5.74) is 1.88. The van der Waals surface area contributed by atoms with Crippen LogP contribution in [0.15, 0.2) is 53.6 Å². The third-order valence-electron chi connectivity index (χ3n) is 3.74. The summed E-state index contributed by atoms with van der Waals surface area (Å²) < 4.78 is 6.81. The summed E-state index contributed by atoms with van der Waals surface area (Å²) in [4.78, 5) is 20.6. The molecule has 0 saturated carbocycles. The third kappa shape index (κ3) is 3.27. The number of hydrogen-bond acceptors (Lipinski definition) is 6. The van der Waals surface area contributed by atoms with Crippen LogP contribution in [-0.4, -0.2) is 37.2 Å². The number of fused-ring (bicyclic) bond motifs is 1. The van der Waals surface area contributed by atoms with Crippen LogP contribution in [0, 0.1) is 0 Å². The van der Waals surface area contributed by atoms with Crippen LogP contribution in [0.2, 0.25) is 5.02 Å². The molecule has 1 aromatic carbocycles. The number of nitrogens with zero attached hydrogens (tertiary/aromatic N) is 5. The first-order valence-corrected chi connectivity index (χ1v) is 8.22. The molecule has 8 nitrogen and oxygen atoms in total. The maximum Gasteiger partial charge on any atom is 0.255 e. The third-order valence-corrected chi connectivity index (χ3v) is 3.98. The van der Waals surface area contributed by atoms with E-state index in [2.05, 4.69) is 25.5 Å². The number of carbonyl (C=O) groups excluding carboxylic acids is 1. The van der Waals surface area contributed by atoms with Gasteiger partial charge >= 0.3 is 0 Å². The topological polar surface area (TPSA) is 98.2 Å². The number of hydrogen-bond donors (Lipinski definition) is 1. The molecule has 0 spiro atoms. The van der Waals surface area contributed by atoms with Gasteiger partial charge in [-0.25, -0.2) is 4.52 Å². The zero-order valence-corrected chi connectivity index (χ0v) is 14.2. The van der Waals surface area contributed by atoms with Crippen LogP contribution in [0.4, 0.5) is 0 Å². The molecule has 1 N–H and O–H groups in total. The molecule has 4 aromatic rings. The van der Waals surface area contributed by atoms with Crippen molar-refractivity contribution in [2.24, 2.45) is 0 Å². The van der Waals surface area contributed by atoms with Crippen molar-refractivity contribution in [2.45, 2.75) is 6.42 Å². The van der Waals surface area contributed by atoms with E-state index in [9.17, 15) is 4.79 Å². The normalized spacial score (nSPS) is 11.0. The molecule has 0 aliphatic carbocycles. The summed E-state index contributed by atoms with van der Waals surface area (Å²) in [5.74, 6) is 0.659. The fourth-order valence-corrected chi connectivity index (χ4v) is 2.68. The van der Waals surface area contributed by atoms with E-state index < -0.39 is 0 Å². The van der Waals surface area contributed by atoms with E-state index in [0.717, 1.165) is 5.56 Å². The largest absolute Gasteiger partial charge is 0.351 e. The van der Waals surface area contributed by atoms with E-state index in [1.165, 1.54) is 6.20 Å². The highest BCUT2D eigenvalue weighted by molar-refractivity contribution is 6.30. The predicted octanol–water partition coefficient (Wildman–Crippen LogP) is 2.41. The molecular weight excluding hydrogens is 356 g/mol. The van der Waals surface area contributed by atoms with Gasteiger partial charge in [0.15, 0.2) is 0 Å². The number of halogens is 1. The number of carbonyl (C=O) groups is 1. The summed E-state index contributed by atoms with van der Waals surface area (Å²) in [5, 5.41) is 11.5. The van der Waals surface area contributed by atoms with Crippen molar-refractivity contribution in [1.82, 2.24) is 30.1 Å². The smallest absolute Gasteiger partial charge is 0.255 e. The Bertz CT molecular complexity index is 1070. The number of aromatic nitrogens is 5. The van der Waals surface area contributed by atoms with E-state index in [1.54, 1.807) is 35.2 Å². The average Bonchev–Trinajstić information content (AvgIpc) is 3.29. The van der Waals surface area contributed by atoms with Crippen LogP contribution in [-0.2, 0) is 6.42 Å². The number of rotatable bonds is 5. The second kappa shape index (κ2) is 6.93. The fraction of sp³-hybridized carbons (Fsp3) is 0.118. The summed E-state index contributed by atoms with van der Waals surface area (Å²) >= 11 is 5.97.